The minimum atomic E-state index is -0.414. The maximum absolute atomic E-state index is 13.3. The molecule has 2 aromatic carbocycles. The Labute approximate surface area is 134 Å². The average Bonchev–Trinajstić information content (AvgIpc) is 2.58. The maximum Gasteiger partial charge on any atom is 0.256 e. The topological polar surface area (TPSA) is 41.6 Å². The monoisotopic (exact) mass is 314 g/mol. The molecule has 0 aromatic heterocycles. The summed E-state index contributed by atoms with van der Waals surface area (Å²) in [5.74, 6) is -0.718. The zero-order valence-corrected chi connectivity index (χ0v) is 13.0. The van der Waals surface area contributed by atoms with Crippen LogP contribution in [-0.4, -0.2) is 32.2 Å². The third-order valence-electron chi connectivity index (χ3n) is 3.95. The smallest absolute Gasteiger partial charge is 0.256 e. The van der Waals surface area contributed by atoms with Crippen LogP contribution in [0.2, 0.25) is 0 Å². The lowest BCUT2D eigenvalue weighted by Crippen LogP contribution is -2.36. The van der Waals surface area contributed by atoms with Crippen LogP contribution in [0, 0.1) is 12.7 Å². The molecule has 1 aliphatic rings. The summed E-state index contributed by atoms with van der Waals surface area (Å²) in [5, 5.41) is 2.81. The molecule has 0 unspecified atom stereocenters. The Morgan fingerprint density at radius 1 is 1.13 bits per heavy atom. The summed E-state index contributed by atoms with van der Waals surface area (Å²) in [7, 11) is 0. The van der Waals surface area contributed by atoms with Gasteiger partial charge in [0.1, 0.15) is 5.82 Å². The molecule has 3 rings (SSSR count). The Kier molecular flexibility index (Phi) is 4.57. The molecule has 0 spiro atoms. The molecule has 1 amide bonds. The predicted molar refractivity (Wildman–Crippen MR) is 88.6 cm³/mol. The molecule has 1 saturated heterocycles. The van der Waals surface area contributed by atoms with E-state index in [1.165, 1.54) is 12.1 Å². The van der Waals surface area contributed by atoms with Gasteiger partial charge in [-0.1, -0.05) is 6.07 Å². The highest BCUT2D eigenvalue weighted by Crippen LogP contribution is 2.20. The Morgan fingerprint density at radius 3 is 2.52 bits per heavy atom. The van der Waals surface area contributed by atoms with Crippen molar-refractivity contribution in [3.05, 3.63) is 59.4 Å². The van der Waals surface area contributed by atoms with E-state index in [0.29, 0.717) is 11.3 Å². The fourth-order valence-corrected chi connectivity index (χ4v) is 2.61. The van der Waals surface area contributed by atoms with Gasteiger partial charge in [-0.05, 0) is 48.9 Å². The standard InChI is InChI=1S/C18H19FN2O2/c1-13-2-3-14(19)12-17(13)18(22)20-15-4-6-16(7-5-15)21-8-10-23-11-9-21/h2-7,12H,8-11H2,1H3,(H,20,22). The van der Waals surface area contributed by atoms with E-state index < -0.39 is 5.82 Å². The van der Waals surface area contributed by atoms with Crippen LogP contribution in [0.5, 0.6) is 0 Å². The molecule has 1 N–H and O–H groups in total. The van der Waals surface area contributed by atoms with Crippen LogP contribution in [0.4, 0.5) is 15.8 Å². The maximum atomic E-state index is 13.3. The van der Waals surface area contributed by atoms with Crippen LogP contribution in [0.15, 0.2) is 42.5 Å². The van der Waals surface area contributed by atoms with Crippen molar-refractivity contribution in [3.8, 4) is 0 Å². The average molecular weight is 314 g/mol. The van der Waals surface area contributed by atoms with E-state index in [1.54, 1.807) is 13.0 Å². The van der Waals surface area contributed by atoms with Gasteiger partial charge in [-0.3, -0.25) is 4.79 Å². The highest BCUT2D eigenvalue weighted by atomic mass is 19.1. The Hall–Kier alpha value is -2.40. The molecule has 23 heavy (non-hydrogen) atoms. The van der Waals surface area contributed by atoms with E-state index in [1.807, 2.05) is 24.3 Å². The Bertz CT molecular complexity index is 695. The van der Waals surface area contributed by atoms with Gasteiger partial charge in [0, 0.05) is 30.0 Å². The fourth-order valence-electron chi connectivity index (χ4n) is 2.61. The van der Waals surface area contributed by atoms with Gasteiger partial charge in [0.2, 0.25) is 0 Å². The summed E-state index contributed by atoms with van der Waals surface area (Å²) < 4.78 is 18.6. The highest BCUT2D eigenvalue weighted by molar-refractivity contribution is 6.05. The van der Waals surface area contributed by atoms with Crippen molar-refractivity contribution < 1.29 is 13.9 Å². The SMILES string of the molecule is Cc1ccc(F)cc1C(=O)Nc1ccc(N2CCOCC2)cc1. The van der Waals surface area contributed by atoms with Crippen molar-refractivity contribution >= 4 is 17.3 Å². The largest absolute Gasteiger partial charge is 0.378 e. The summed E-state index contributed by atoms with van der Waals surface area (Å²) in [6.07, 6.45) is 0. The van der Waals surface area contributed by atoms with Crippen molar-refractivity contribution in [2.75, 3.05) is 36.5 Å². The first kappa shape index (κ1) is 15.5. The highest BCUT2D eigenvalue weighted by Gasteiger charge is 2.13. The number of halogens is 1. The Morgan fingerprint density at radius 2 is 1.83 bits per heavy atom. The van der Waals surface area contributed by atoms with Crippen LogP contribution >= 0.6 is 0 Å². The van der Waals surface area contributed by atoms with Crippen LogP contribution in [0.3, 0.4) is 0 Å². The summed E-state index contributed by atoms with van der Waals surface area (Å²) in [5.41, 5.74) is 2.89. The second-order valence-electron chi connectivity index (χ2n) is 5.56. The van der Waals surface area contributed by atoms with Crippen molar-refractivity contribution in [2.24, 2.45) is 0 Å². The number of rotatable bonds is 3. The van der Waals surface area contributed by atoms with Gasteiger partial charge < -0.3 is 15.0 Å². The zero-order valence-electron chi connectivity index (χ0n) is 13.0. The number of hydrogen-bond donors (Lipinski definition) is 1. The van der Waals surface area contributed by atoms with Crippen molar-refractivity contribution in [1.82, 2.24) is 0 Å². The molecule has 0 aliphatic carbocycles. The summed E-state index contributed by atoms with van der Waals surface area (Å²) in [6, 6.07) is 11.9. The molecule has 1 fully saturated rings. The molecule has 0 bridgehead atoms. The third-order valence-corrected chi connectivity index (χ3v) is 3.95. The van der Waals surface area contributed by atoms with Gasteiger partial charge in [0.15, 0.2) is 0 Å². The van der Waals surface area contributed by atoms with Gasteiger partial charge in [0.25, 0.3) is 5.91 Å². The van der Waals surface area contributed by atoms with E-state index in [4.69, 9.17) is 4.74 Å². The number of benzene rings is 2. The van der Waals surface area contributed by atoms with E-state index in [0.717, 1.165) is 37.6 Å². The number of morpholine rings is 1. The summed E-state index contributed by atoms with van der Waals surface area (Å²) in [6.45, 7) is 4.99. The second-order valence-corrected chi connectivity index (χ2v) is 5.56. The first-order chi connectivity index (χ1) is 11.1. The first-order valence-electron chi connectivity index (χ1n) is 7.64. The van der Waals surface area contributed by atoms with Crippen LogP contribution in [-0.2, 0) is 4.74 Å². The number of amides is 1. The third kappa shape index (κ3) is 3.68. The van der Waals surface area contributed by atoms with Crippen molar-refractivity contribution in [2.45, 2.75) is 6.92 Å². The molecule has 0 saturated carbocycles. The molecule has 1 aliphatic heterocycles. The van der Waals surface area contributed by atoms with Crippen molar-refractivity contribution in [3.63, 3.8) is 0 Å². The quantitative estimate of drug-likeness (QED) is 0.946. The molecule has 120 valence electrons. The van der Waals surface area contributed by atoms with E-state index in [2.05, 4.69) is 10.2 Å². The molecular weight excluding hydrogens is 295 g/mol. The normalized spacial score (nSPS) is 14.6. The number of nitrogens with zero attached hydrogens (tertiary/aromatic N) is 1. The van der Waals surface area contributed by atoms with E-state index in [9.17, 15) is 9.18 Å². The van der Waals surface area contributed by atoms with Gasteiger partial charge in [-0.25, -0.2) is 4.39 Å². The first-order valence-corrected chi connectivity index (χ1v) is 7.64. The number of carbonyl (C=O) groups excluding carboxylic acids is 1. The lowest BCUT2D eigenvalue weighted by atomic mass is 10.1. The molecule has 0 radical (unpaired) electrons. The summed E-state index contributed by atoms with van der Waals surface area (Å²) >= 11 is 0. The Balaban J connectivity index is 1.70. The van der Waals surface area contributed by atoms with Crippen molar-refractivity contribution in [1.29, 1.82) is 0 Å². The van der Waals surface area contributed by atoms with Gasteiger partial charge in [0.05, 0.1) is 13.2 Å². The fraction of sp³-hybridized carbons (Fsp3) is 0.278. The molecule has 2 aromatic rings. The number of hydrogen-bond acceptors (Lipinski definition) is 3. The van der Waals surface area contributed by atoms with E-state index in [-0.39, 0.29) is 5.91 Å². The number of carbonyl (C=O) groups is 1. The molecule has 5 heteroatoms. The van der Waals surface area contributed by atoms with Gasteiger partial charge in [-0.15, -0.1) is 0 Å². The number of ether oxygens (including phenoxy) is 1. The number of nitrogens with one attached hydrogen (secondary N) is 1. The van der Waals surface area contributed by atoms with Crippen LogP contribution < -0.4 is 10.2 Å². The molecule has 0 atom stereocenters. The summed E-state index contributed by atoms with van der Waals surface area (Å²) in [4.78, 5) is 14.5. The minimum Gasteiger partial charge on any atom is -0.378 e. The minimum absolute atomic E-state index is 0.305. The molecule has 1 heterocycles. The lowest BCUT2D eigenvalue weighted by molar-refractivity contribution is 0.102. The van der Waals surface area contributed by atoms with E-state index >= 15 is 0 Å². The van der Waals surface area contributed by atoms with Crippen LogP contribution in [0.1, 0.15) is 15.9 Å². The predicted octanol–water partition coefficient (Wildman–Crippen LogP) is 3.22. The van der Waals surface area contributed by atoms with Crippen LogP contribution in [0.25, 0.3) is 0 Å². The molecule has 4 nitrogen and oxygen atoms in total. The van der Waals surface area contributed by atoms with Gasteiger partial charge >= 0.3 is 0 Å². The zero-order chi connectivity index (χ0) is 16.2. The molecular formula is C18H19FN2O2. The van der Waals surface area contributed by atoms with Gasteiger partial charge in [-0.2, -0.15) is 0 Å². The number of anilines is 2. The second kappa shape index (κ2) is 6.79. The lowest BCUT2D eigenvalue weighted by Gasteiger charge is -2.28. The number of aryl methyl sites for hydroxylation is 1.